The Morgan fingerprint density at radius 2 is 1.89 bits per heavy atom. The van der Waals surface area contributed by atoms with Crippen LogP contribution >= 0.6 is 0 Å². The first kappa shape index (κ1) is 14.8. The number of nitrogens with zero attached hydrogens (tertiary/aromatic N) is 1. The average molecular weight is 261 g/mol. The van der Waals surface area contributed by atoms with Gasteiger partial charge in [0, 0.05) is 20.7 Å². The van der Waals surface area contributed by atoms with Gasteiger partial charge in [-0.3, -0.25) is 0 Å². The zero-order valence-electron chi connectivity index (χ0n) is 10.4. The average Bonchev–Trinajstić information content (AvgIpc) is 2.27. The van der Waals surface area contributed by atoms with Crippen molar-refractivity contribution in [2.24, 2.45) is 0 Å². The van der Waals surface area contributed by atoms with Gasteiger partial charge < -0.3 is 19.8 Å². The first-order valence-corrected chi connectivity index (χ1v) is 5.46. The number of methoxy groups -OCH3 is 1. The Hall–Kier alpha value is -1.24. The molecule has 0 aliphatic rings. The molecule has 0 aliphatic carbocycles. The minimum absolute atomic E-state index is 0.0418. The lowest BCUT2D eigenvalue weighted by Gasteiger charge is -2.23. The summed E-state index contributed by atoms with van der Waals surface area (Å²) in [5, 5.41) is 18.3. The normalized spacial score (nSPS) is 12.6. The topological polar surface area (TPSA) is 52.9 Å². The van der Waals surface area contributed by atoms with Gasteiger partial charge in [-0.25, -0.2) is 8.78 Å². The van der Waals surface area contributed by atoms with E-state index in [2.05, 4.69) is 0 Å². The number of anilines is 1. The molecule has 0 aromatic heterocycles. The summed E-state index contributed by atoms with van der Waals surface area (Å²) in [6, 6.07) is 2.13. The van der Waals surface area contributed by atoms with Gasteiger partial charge in [-0.05, 0) is 17.7 Å². The van der Waals surface area contributed by atoms with E-state index < -0.39 is 24.3 Å². The molecule has 2 N–H and O–H groups in total. The number of aliphatic hydroxyl groups is 2. The monoisotopic (exact) mass is 261 g/mol. The van der Waals surface area contributed by atoms with Crippen molar-refractivity contribution in [3.8, 4) is 0 Å². The van der Waals surface area contributed by atoms with E-state index in [4.69, 9.17) is 9.84 Å². The van der Waals surface area contributed by atoms with Crippen LogP contribution in [0.2, 0.25) is 0 Å². The van der Waals surface area contributed by atoms with Crippen molar-refractivity contribution in [2.75, 3.05) is 32.2 Å². The molecule has 0 heterocycles. The summed E-state index contributed by atoms with van der Waals surface area (Å²) in [6.07, 6.45) is -0.837. The summed E-state index contributed by atoms with van der Waals surface area (Å²) in [5.74, 6) is -1.54. The van der Waals surface area contributed by atoms with Gasteiger partial charge in [0.2, 0.25) is 0 Å². The number of ether oxygens (including phenoxy) is 1. The molecule has 0 radical (unpaired) electrons. The molecular formula is C12H17F2NO3. The third-order valence-electron chi connectivity index (χ3n) is 2.48. The lowest BCUT2D eigenvalue weighted by Crippen LogP contribution is -2.33. The van der Waals surface area contributed by atoms with Crippen molar-refractivity contribution in [3.63, 3.8) is 0 Å². The molecule has 0 bridgehead atoms. The maximum absolute atomic E-state index is 13.7. The van der Waals surface area contributed by atoms with E-state index in [9.17, 15) is 13.9 Å². The number of benzene rings is 1. The van der Waals surface area contributed by atoms with Gasteiger partial charge in [0.25, 0.3) is 0 Å². The van der Waals surface area contributed by atoms with Gasteiger partial charge in [-0.1, -0.05) is 0 Å². The SMILES string of the molecule is COCC(O)CN(C)c1c(F)cc(CO)cc1F. The molecule has 1 aromatic carbocycles. The number of hydrogen-bond donors (Lipinski definition) is 2. The summed E-state index contributed by atoms with van der Waals surface area (Å²) < 4.78 is 32.1. The predicted octanol–water partition coefficient (Wildman–Crippen LogP) is 0.901. The Kier molecular flexibility index (Phi) is 5.46. The Bertz CT molecular complexity index is 378. The highest BCUT2D eigenvalue weighted by Crippen LogP contribution is 2.24. The maximum Gasteiger partial charge on any atom is 0.149 e. The minimum atomic E-state index is -0.837. The van der Waals surface area contributed by atoms with Gasteiger partial charge in [-0.15, -0.1) is 0 Å². The van der Waals surface area contributed by atoms with E-state index >= 15 is 0 Å². The fourth-order valence-electron chi connectivity index (χ4n) is 1.73. The van der Waals surface area contributed by atoms with Crippen molar-refractivity contribution in [2.45, 2.75) is 12.7 Å². The van der Waals surface area contributed by atoms with E-state index in [0.29, 0.717) is 0 Å². The Morgan fingerprint density at radius 3 is 2.33 bits per heavy atom. The van der Waals surface area contributed by atoms with Crippen molar-refractivity contribution in [1.82, 2.24) is 0 Å². The standard InChI is InChI=1S/C12H17F2NO3/c1-15(5-9(17)7-18-2)12-10(13)3-8(6-16)4-11(12)14/h3-4,9,16-17H,5-7H2,1-2H3. The second-order valence-electron chi connectivity index (χ2n) is 4.06. The molecular weight excluding hydrogens is 244 g/mol. The lowest BCUT2D eigenvalue weighted by atomic mass is 10.1. The van der Waals surface area contributed by atoms with E-state index in [1.165, 1.54) is 19.1 Å². The molecule has 6 heteroatoms. The van der Waals surface area contributed by atoms with Gasteiger partial charge in [-0.2, -0.15) is 0 Å². The summed E-state index contributed by atoms with van der Waals surface area (Å²) in [4.78, 5) is 1.27. The van der Waals surface area contributed by atoms with Crippen LogP contribution in [0, 0.1) is 11.6 Å². The number of rotatable bonds is 6. The second-order valence-corrected chi connectivity index (χ2v) is 4.06. The van der Waals surface area contributed by atoms with E-state index in [1.807, 2.05) is 0 Å². The van der Waals surface area contributed by atoms with E-state index in [0.717, 1.165) is 12.1 Å². The summed E-state index contributed by atoms with van der Waals surface area (Å²) in [7, 11) is 2.90. The van der Waals surface area contributed by atoms with Crippen LogP contribution in [0.3, 0.4) is 0 Å². The molecule has 0 spiro atoms. The molecule has 1 rings (SSSR count). The zero-order valence-corrected chi connectivity index (χ0v) is 10.4. The third-order valence-corrected chi connectivity index (χ3v) is 2.48. The molecule has 1 unspecified atom stereocenters. The van der Waals surface area contributed by atoms with Crippen molar-refractivity contribution >= 4 is 5.69 Å². The van der Waals surface area contributed by atoms with Crippen LogP contribution in [0.4, 0.5) is 14.5 Å². The minimum Gasteiger partial charge on any atom is -0.392 e. The largest absolute Gasteiger partial charge is 0.392 e. The number of hydrogen-bond acceptors (Lipinski definition) is 4. The molecule has 0 saturated heterocycles. The first-order chi connectivity index (χ1) is 8.49. The highest BCUT2D eigenvalue weighted by Gasteiger charge is 2.17. The Labute approximate surface area is 104 Å². The Balaban J connectivity index is 2.88. The van der Waals surface area contributed by atoms with Gasteiger partial charge in [0.15, 0.2) is 0 Å². The van der Waals surface area contributed by atoms with Crippen LogP contribution in [0.25, 0.3) is 0 Å². The van der Waals surface area contributed by atoms with Crippen LogP contribution in [-0.4, -0.2) is 43.6 Å². The lowest BCUT2D eigenvalue weighted by molar-refractivity contribution is 0.0693. The molecule has 1 atom stereocenters. The van der Waals surface area contributed by atoms with Gasteiger partial charge >= 0.3 is 0 Å². The molecule has 0 fully saturated rings. The highest BCUT2D eigenvalue weighted by atomic mass is 19.1. The number of likely N-dealkylation sites (N-methyl/N-ethyl adjacent to an activating group) is 1. The summed E-state index contributed by atoms with van der Waals surface area (Å²) in [5.41, 5.74) is -0.0676. The van der Waals surface area contributed by atoms with E-state index in [1.54, 1.807) is 0 Å². The maximum atomic E-state index is 13.7. The summed E-state index contributed by atoms with van der Waals surface area (Å²) >= 11 is 0. The summed E-state index contributed by atoms with van der Waals surface area (Å²) in [6.45, 7) is -0.299. The Morgan fingerprint density at radius 1 is 1.33 bits per heavy atom. The molecule has 1 aromatic rings. The predicted molar refractivity (Wildman–Crippen MR) is 63.4 cm³/mol. The van der Waals surface area contributed by atoms with E-state index in [-0.39, 0.29) is 24.4 Å². The number of halogens is 2. The fraction of sp³-hybridized carbons (Fsp3) is 0.500. The second kappa shape index (κ2) is 6.63. The zero-order chi connectivity index (χ0) is 13.7. The van der Waals surface area contributed by atoms with Crippen LogP contribution in [0.1, 0.15) is 5.56 Å². The van der Waals surface area contributed by atoms with Crippen molar-refractivity contribution < 1.29 is 23.7 Å². The van der Waals surface area contributed by atoms with Crippen LogP contribution in [0.15, 0.2) is 12.1 Å². The van der Waals surface area contributed by atoms with Gasteiger partial charge in [0.05, 0.1) is 19.3 Å². The third kappa shape index (κ3) is 3.63. The fourth-order valence-corrected chi connectivity index (χ4v) is 1.73. The highest BCUT2D eigenvalue weighted by molar-refractivity contribution is 5.50. The first-order valence-electron chi connectivity index (χ1n) is 5.46. The molecule has 0 aliphatic heterocycles. The van der Waals surface area contributed by atoms with Crippen LogP contribution < -0.4 is 4.90 Å². The quantitative estimate of drug-likeness (QED) is 0.799. The molecule has 4 nitrogen and oxygen atoms in total. The number of aliphatic hydroxyl groups excluding tert-OH is 2. The molecule has 0 saturated carbocycles. The van der Waals surface area contributed by atoms with Crippen molar-refractivity contribution in [1.29, 1.82) is 0 Å². The van der Waals surface area contributed by atoms with Crippen molar-refractivity contribution in [3.05, 3.63) is 29.3 Å². The molecule has 18 heavy (non-hydrogen) atoms. The smallest absolute Gasteiger partial charge is 0.149 e. The molecule has 102 valence electrons. The van der Waals surface area contributed by atoms with Crippen LogP contribution in [0.5, 0.6) is 0 Å². The van der Waals surface area contributed by atoms with Crippen LogP contribution in [-0.2, 0) is 11.3 Å². The molecule has 0 amide bonds. The van der Waals surface area contributed by atoms with Gasteiger partial charge in [0.1, 0.15) is 17.3 Å².